The molecule has 0 heterocycles. The average Bonchev–Trinajstić information content (AvgIpc) is 2.04. The third-order valence-corrected chi connectivity index (χ3v) is 1.20. The fourth-order valence-corrected chi connectivity index (χ4v) is 0.642. The zero-order valence-electron chi connectivity index (χ0n) is 7.08. The van der Waals surface area contributed by atoms with Gasteiger partial charge in [0.15, 0.2) is 0 Å². The van der Waals surface area contributed by atoms with Gasteiger partial charge < -0.3 is 14.8 Å². The van der Waals surface area contributed by atoms with Gasteiger partial charge in [-0.2, -0.15) is 0 Å². The van der Waals surface area contributed by atoms with Crippen molar-refractivity contribution < 1.29 is 14.3 Å². The molecule has 0 saturated heterocycles. The molecule has 0 aliphatic heterocycles. The molecule has 4 nitrogen and oxygen atoms in total. The van der Waals surface area contributed by atoms with E-state index < -0.39 is 6.10 Å². The maximum absolute atomic E-state index is 10.8. The van der Waals surface area contributed by atoms with Crippen LogP contribution in [0.1, 0.15) is 6.42 Å². The highest BCUT2D eigenvalue weighted by molar-refractivity contribution is 5.72. The molecule has 0 bridgehead atoms. The normalized spacial score (nSPS) is 11.8. The van der Waals surface area contributed by atoms with Gasteiger partial charge in [-0.3, -0.25) is 4.79 Å². The number of hydrogen-bond acceptors (Lipinski definition) is 4. The Kier molecular flexibility index (Phi) is 5.91. The Bertz CT molecular complexity index is 168. The van der Waals surface area contributed by atoms with Crippen molar-refractivity contribution >= 4 is 12.3 Å². The van der Waals surface area contributed by atoms with Gasteiger partial charge in [0.05, 0.1) is 6.54 Å². The number of likely N-dealkylation sites (N-methyl/N-ethyl adjacent to an activating group) is 1. The molecule has 4 heteroatoms. The molecule has 68 valence electrons. The first-order chi connectivity index (χ1) is 5.74. The van der Waals surface area contributed by atoms with Crippen LogP contribution in [-0.4, -0.2) is 32.0 Å². The molecule has 1 N–H and O–H groups in total. The zero-order valence-corrected chi connectivity index (χ0v) is 7.08. The van der Waals surface area contributed by atoms with E-state index in [2.05, 4.69) is 11.9 Å². The van der Waals surface area contributed by atoms with E-state index in [-0.39, 0.29) is 18.9 Å². The van der Waals surface area contributed by atoms with E-state index in [9.17, 15) is 9.59 Å². The molecule has 0 saturated carbocycles. The van der Waals surface area contributed by atoms with Gasteiger partial charge in [0, 0.05) is 6.42 Å². The van der Waals surface area contributed by atoms with Crippen LogP contribution in [0.4, 0.5) is 0 Å². The van der Waals surface area contributed by atoms with E-state index in [1.165, 1.54) is 6.08 Å². The Morgan fingerprint density at radius 1 is 1.75 bits per heavy atom. The summed E-state index contributed by atoms with van der Waals surface area (Å²) in [6, 6.07) is 0. The largest absolute Gasteiger partial charge is 0.457 e. The minimum atomic E-state index is -0.497. The molecular weight excluding hydrogens is 158 g/mol. The lowest BCUT2D eigenvalue weighted by Crippen LogP contribution is -2.25. The van der Waals surface area contributed by atoms with E-state index in [0.717, 1.165) is 0 Å². The Balaban J connectivity index is 3.76. The van der Waals surface area contributed by atoms with E-state index in [4.69, 9.17) is 4.74 Å². The lowest BCUT2D eigenvalue weighted by molar-refractivity contribution is -0.146. The second-order valence-electron chi connectivity index (χ2n) is 2.20. The summed E-state index contributed by atoms with van der Waals surface area (Å²) in [5.74, 6) is -0.385. The number of hydrogen-bond donors (Lipinski definition) is 1. The summed E-state index contributed by atoms with van der Waals surface area (Å²) in [6.07, 6.45) is 1.79. The van der Waals surface area contributed by atoms with Crippen molar-refractivity contribution in [3.05, 3.63) is 12.7 Å². The summed E-state index contributed by atoms with van der Waals surface area (Å²) >= 11 is 0. The average molecular weight is 171 g/mol. The molecule has 0 aromatic heterocycles. The fourth-order valence-electron chi connectivity index (χ4n) is 0.642. The van der Waals surface area contributed by atoms with Gasteiger partial charge in [-0.25, -0.2) is 0 Å². The van der Waals surface area contributed by atoms with Crippen molar-refractivity contribution in [2.24, 2.45) is 0 Å². The minimum absolute atomic E-state index is 0.142. The summed E-state index contributed by atoms with van der Waals surface area (Å²) in [7, 11) is 1.64. The molecule has 0 aromatic carbocycles. The van der Waals surface area contributed by atoms with E-state index in [1.807, 2.05) is 0 Å². The lowest BCUT2D eigenvalue weighted by atomic mass is 10.3. The Labute approximate surface area is 71.6 Å². The molecule has 1 atom stereocenters. The molecule has 0 radical (unpaired) electrons. The predicted octanol–water partition coefficient (Wildman–Crippen LogP) is -0.107. The summed E-state index contributed by atoms with van der Waals surface area (Å²) in [5, 5.41) is 2.64. The van der Waals surface area contributed by atoms with Crippen LogP contribution in [0.3, 0.4) is 0 Å². The van der Waals surface area contributed by atoms with Gasteiger partial charge in [-0.15, -0.1) is 0 Å². The molecule has 0 rings (SSSR count). The van der Waals surface area contributed by atoms with Crippen molar-refractivity contribution in [3.63, 3.8) is 0 Å². The monoisotopic (exact) mass is 171 g/mol. The predicted molar refractivity (Wildman–Crippen MR) is 44.7 cm³/mol. The number of rotatable bonds is 6. The van der Waals surface area contributed by atoms with Crippen LogP contribution >= 0.6 is 0 Å². The van der Waals surface area contributed by atoms with Gasteiger partial charge in [-0.05, 0) is 7.05 Å². The molecular formula is C8H13NO3. The van der Waals surface area contributed by atoms with Crippen molar-refractivity contribution in [1.29, 1.82) is 0 Å². The van der Waals surface area contributed by atoms with Crippen LogP contribution in [0, 0.1) is 0 Å². The van der Waals surface area contributed by atoms with Crippen LogP contribution in [-0.2, 0) is 14.3 Å². The maximum atomic E-state index is 10.8. The fraction of sp³-hybridized carbons (Fsp3) is 0.500. The van der Waals surface area contributed by atoms with Crippen molar-refractivity contribution in [2.75, 3.05) is 13.6 Å². The van der Waals surface area contributed by atoms with Crippen LogP contribution < -0.4 is 5.32 Å². The Morgan fingerprint density at radius 3 is 2.83 bits per heavy atom. The molecule has 0 spiro atoms. The quantitative estimate of drug-likeness (QED) is 0.344. The Morgan fingerprint density at radius 2 is 2.42 bits per heavy atom. The van der Waals surface area contributed by atoms with Crippen LogP contribution in [0.2, 0.25) is 0 Å². The summed E-state index contributed by atoms with van der Waals surface area (Å²) in [5.41, 5.74) is 0. The van der Waals surface area contributed by atoms with Crippen LogP contribution in [0.5, 0.6) is 0 Å². The summed E-state index contributed by atoms with van der Waals surface area (Å²) in [6.45, 7) is 3.58. The standard InChI is InChI=1S/C8H13NO3/c1-3-7(4-5-10)12-8(11)6-9-2/h3,5,7,9H,1,4,6H2,2H3. The Hall–Kier alpha value is -1.16. The first-order valence-corrected chi connectivity index (χ1v) is 3.64. The zero-order chi connectivity index (χ0) is 9.40. The van der Waals surface area contributed by atoms with E-state index >= 15 is 0 Å². The molecule has 1 unspecified atom stereocenters. The van der Waals surface area contributed by atoms with Crippen LogP contribution in [0.25, 0.3) is 0 Å². The highest BCUT2D eigenvalue weighted by Gasteiger charge is 2.08. The van der Waals surface area contributed by atoms with Crippen molar-refractivity contribution in [1.82, 2.24) is 5.32 Å². The van der Waals surface area contributed by atoms with Gasteiger partial charge in [0.1, 0.15) is 12.4 Å². The third-order valence-electron chi connectivity index (χ3n) is 1.20. The number of aldehydes is 1. The second kappa shape index (κ2) is 6.54. The summed E-state index contributed by atoms with van der Waals surface area (Å²) in [4.78, 5) is 20.9. The van der Waals surface area contributed by atoms with Gasteiger partial charge >= 0.3 is 5.97 Å². The highest BCUT2D eigenvalue weighted by atomic mass is 16.5. The number of ether oxygens (including phenoxy) is 1. The molecule has 0 aliphatic carbocycles. The molecule has 0 amide bonds. The van der Waals surface area contributed by atoms with E-state index in [1.54, 1.807) is 7.05 Å². The molecule has 0 fully saturated rings. The summed E-state index contributed by atoms with van der Waals surface area (Å²) < 4.78 is 4.83. The minimum Gasteiger partial charge on any atom is -0.457 e. The second-order valence-corrected chi connectivity index (χ2v) is 2.20. The van der Waals surface area contributed by atoms with Gasteiger partial charge in [0.2, 0.25) is 0 Å². The molecule has 12 heavy (non-hydrogen) atoms. The highest BCUT2D eigenvalue weighted by Crippen LogP contribution is 1.97. The third kappa shape index (κ3) is 4.62. The van der Waals surface area contributed by atoms with Crippen molar-refractivity contribution in [2.45, 2.75) is 12.5 Å². The lowest BCUT2D eigenvalue weighted by Gasteiger charge is -2.10. The van der Waals surface area contributed by atoms with E-state index in [0.29, 0.717) is 6.29 Å². The van der Waals surface area contributed by atoms with Crippen molar-refractivity contribution in [3.8, 4) is 0 Å². The van der Waals surface area contributed by atoms with Crippen LogP contribution in [0.15, 0.2) is 12.7 Å². The molecule has 0 aliphatic rings. The smallest absolute Gasteiger partial charge is 0.320 e. The first kappa shape index (κ1) is 10.8. The topological polar surface area (TPSA) is 55.4 Å². The molecule has 0 aromatic rings. The maximum Gasteiger partial charge on any atom is 0.320 e. The first-order valence-electron chi connectivity index (χ1n) is 3.64. The van der Waals surface area contributed by atoms with Gasteiger partial charge in [-0.1, -0.05) is 12.7 Å². The number of carbonyl (C=O) groups excluding carboxylic acids is 2. The number of carbonyl (C=O) groups is 2. The number of nitrogens with one attached hydrogen (secondary N) is 1. The SMILES string of the molecule is C=CC(CC=O)OC(=O)CNC. The number of esters is 1. The van der Waals surface area contributed by atoms with Gasteiger partial charge in [0.25, 0.3) is 0 Å².